The van der Waals surface area contributed by atoms with Gasteiger partial charge >= 0.3 is 12.3 Å². The highest BCUT2D eigenvalue weighted by atomic mass is 19.4. The minimum absolute atomic E-state index is 0.0583. The summed E-state index contributed by atoms with van der Waals surface area (Å²) in [5.74, 6) is -2.66. The summed E-state index contributed by atoms with van der Waals surface area (Å²) in [6, 6.07) is 17.3. The summed E-state index contributed by atoms with van der Waals surface area (Å²) in [5.41, 5.74) is 1.96. The molecule has 1 amide bonds. The summed E-state index contributed by atoms with van der Waals surface area (Å²) in [4.78, 5) is 49.8. The van der Waals surface area contributed by atoms with Crippen molar-refractivity contribution >= 4 is 29.0 Å². The maximum absolute atomic E-state index is 13.6. The number of hydrogen-bond acceptors (Lipinski definition) is 5. The minimum Gasteiger partial charge on any atom is -0.481 e. The Morgan fingerprint density at radius 1 is 0.810 bits per heavy atom. The van der Waals surface area contributed by atoms with Crippen molar-refractivity contribution in [1.29, 1.82) is 0 Å². The molecule has 7 nitrogen and oxygen atoms in total. The standard InChI is InChI=1S/C32H28F3NO6/c33-32(34,35)42-26-15-13-22(14-16-26)27(19-28(37)23-7-5-21(6-8-23)20-3-1-2-4-20)30(40)24-9-11-25(12-10-24)31(41)36-18-17-29(38)39/h5-16,19-20H,1-4,17-18H2,(H,36,41)(H,38,39)/b27-19-. The van der Waals surface area contributed by atoms with Crippen LogP contribution in [0.4, 0.5) is 13.2 Å². The molecule has 0 aromatic heterocycles. The molecule has 1 fully saturated rings. The zero-order valence-electron chi connectivity index (χ0n) is 22.4. The number of carboxylic acid groups (broad SMARTS) is 1. The molecule has 0 unspecified atom stereocenters. The van der Waals surface area contributed by atoms with E-state index in [0.717, 1.165) is 36.6 Å². The number of hydrogen-bond donors (Lipinski definition) is 2. The highest BCUT2D eigenvalue weighted by Crippen LogP contribution is 2.34. The number of Topliss-reactive ketones (excluding diaryl/α,β-unsaturated/α-hetero) is 1. The largest absolute Gasteiger partial charge is 0.573 e. The fraction of sp³-hybridized carbons (Fsp3) is 0.250. The molecule has 0 heterocycles. The van der Waals surface area contributed by atoms with Gasteiger partial charge < -0.3 is 15.2 Å². The van der Waals surface area contributed by atoms with Crippen molar-refractivity contribution in [3.63, 3.8) is 0 Å². The van der Waals surface area contributed by atoms with Crippen LogP contribution in [-0.2, 0) is 4.79 Å². The number of carboxylic acids is 1. The number of allylic oxidation sites excluding steroid dienone is 2. The fourth-order valence-electron chi connectivity index (χ4n) is 4.82. The fourth-order valence-corrected chi connectivity index (χ4v) is 4.82. The molecule has 3 aromatic carbocycles. The van der Waals surface area contributed by atoms with Crippen LogP contribution in [0.5, 0.6) is 5.75 Å². The number of ketones is 2. The second-order valence-electron chi connectivity index (χ2n) is 9.90. The third-order valence-electron chi connectivity index (χ3n) is 6.97. The second kappa shape index (κ2) is 13.3. The van der Waals surface area contributed by atoms with Gasteiger partial charge in [0.1, 0.15) is 5.75 Å². The van der Waals surface area contributed by atoms with Crippen LogP contribution in [0, 0.1) is 0 Å². The predicted molar refractivity (Wildman–Crippen MR) is 148 cm³/mol. The molecule has 0 atom stereocenters. The quantitative estimate of drug-likeness (QED) is 0.196. The van der Waals surface area contributed by atoms with E-state index in [1.807, 2.05) is 12.1 Å². The summed E-state index contributed by atoms with van der Waals surface area (Å²) in [5, 5.41) is 11.2. The van der Waals surface area contributed by atoms with Crippen molar-refractivity contribution < 1.29 is 42.2 Å². The van der Waals surface area contributed by atoms with Crippen LogP contribution < -0.4 is 10.1 Å². The molecular formula is C32H28F3NO6. The van der Waals surface area contributed by atoms with E-state index in [1.165, 1.54) is 49.2 Å². The minimum atomic E-state index is -4.89. The first kappa shape index (κ1) is 30.2. The van der Waals surface area contributed by atoms with E-state index < -0.39 is 35.6 Å². The van der Waals surface area contributed by atoms with Crippen molar-refractivity contribution in [3.05, 3.63) is 107 Å². The topological polar surface area (TPSA) is 110 Å². The molecule has 0 spiro atoms. The Hall–Kier alpha value is -4.73. The summed E-state index contributed by atoms with van der Waals surface area (Å²) < 4.78 is 41.9. The van der Waals surface area contributed by atoms with Gasteiger partial charge in [0, 0.05) is 28.8 Å². The van der Waals surface area contributed by atoms with Crippen LogP contribution in [0.15, 0.2) is 78.9 Å². The van der Waals surface area contributed by atoms with Gasteiger partial charge in [0.25, 0.3) is 5.91 Å². The van der Waals surface area contributed by atoms with Crippen LogP contribution >= 0.6 is 0 Å². The van der Waals surface area contributed by atoms with Gasteiger partial charge in [-0.25, -0.2) is 0 Å². The first-order valence-corrected chi connectivity index (χ1v) is 13.4. The third kappa shape index (κ3) is 8.15. The van der Waals surface area contributed by atoms with E-state index in [0.29, 0.717) is 11.5 Å². The van der Waals surface area contributed by atoms with Crippen LogP contribution in [0.2, 0.25) is 0 Å². The lowest BCUT2D eigenvalue weighted by molar-refractivity contribution is -0.274. The normalized spacial score (nSPS) is 13.9. The lowest BCUT2D eigenvalue weighted by atomic mass is 9.92. The van der Waals surface area contributed by atoms with Crippen LogP contribution in [0.1, 0.15) is 80.2 Å². The molecule has 1 saturated carbocycles. The lowest BCUT2D eigenvalue weighted by Gasteiger charge is -2.12. The number of carbonyl (C=O) groups is 4. The predicted octanol–water partition coefficient (Wildman–Crippen LogP) is 6.60. The Labute approximate surface area is 240 Å². The summed E-state index contributed by atoms with van der Waals surface area (Å²) in [7, 11) is 0. The Bertz CT molecular complexity index is 1470. The molecule has 1 aliphatic carbocycles. The molecule has 0 bridgehead atoms. The van der Waals surface area contributed by atoms with E-state index >= 15 is 0 Å². The highest BCUT2D eigenvalue weighted by Gasteiger charge is 2.31. The number of carbonyl (C=O) groups excluding carboxylic acids is 3. The van der Waals surface area contributed by atoms with Crippen molar-refractivity contribution in [1.82, 2.24) is 5.32 Å². The molecule has 1 aliphatic rings. The molecule has 218 valence electrons. The van der Waals surface area contributed by atoms with Crippen molar-refractivity contribution in [2.24, 2.45) is 0 Å². The molecule has 10 heteroatoms. The van der Waals surface area contributed by atoms with Crippen molar-refractivity contribution in [3.8, 4) is 5.75 Å². The zero-order chi connectivity index (χ0) is 30.3. The zero-order valence-corrected chi connectivity index (χ0v) is 22.4. The Balaban J connectivity index is 1.60. The van der Waals surface area contributed by atoms with Gasteiger partial charge in [-0.3, -0.25) is 19.2 Å². The van der Waals surface area contributed by atoms with E-state index in [4.69, 9.17) is 5.11 Å². The van der Waals surface area contributed by atoms with E-state index in [2.05, 4.69) is 10.1 Å². The first-order chi connectivity index (χ1) is 20.0. The van der Waals surface area contributed by atoms with E-state index in [1.54, 1.807) is 12.1 Å². The van der Waals surface area contributed by atoms with Crippen LogP contribution in [0.3, 0.4) is 0 Å². The van der Waals surface area contributed by atoms with Gasteiger partial charge in [0.2, 0.25) is 0 Å². The number of halogens is 3. The average Bonchev–Trinajstić information content (AvgIpc) is 3.50. The summed E-state index contributed by atoms with van der Waals surface area (Å²) in [6.45, 7) is -0.0699. The van der Waals surface area contributed by atoms with Gasteiger partial charge in [0.05, 0.1) is 6.42 Å². The molecule has 0 saturated heterocycles. The average molecular weight is 580 g/mol. The number of amides is 1. The van der Waals surface area contributed by atoms with Crippen molar-refractivity contribution in [2.45, 2.75) is 44.4 Å². The summed E-state index contributed by atoms with van der Waals surface area (Å²) >= 11 is 0. The SMILES string of the molecule is O=C(O)CCNC(=O)c1ccc(C(=O)/C(=C\C(=O)c2ccc(C3CCCC3)cc2)c2ccc(OC(F)(F)F)cc2)cc1. The van der Waals surface area contributed by atoms with E-state index in [9.17, 15) is 32.3 Å². The van der Waals surface area contributed by atoms with Gasteiger partial charge in [-0.1, -0.05) is 61.4 Å². The lowest BCUT2D eigenvalue weighted by Crippen LogP contribution is -2.26. The van der Waals surface area contributed by atoms with Gasteiger partial charge in [-0.05, 0) is 60.2 Å². The van der Waals surface area contributed by atoms with Gasteiger partial charge in [0.15, 0.2) is 11.6 Å². The van der Waals surface area contributed by atoms with Gasteiger partial charge in [-0.2, -0.15) is 0 Å². The first-order valence-electron chi connectivity index (χ1n) is 13.4. The third-order valence-corrected chi connectivity index (χ3v) is 6.97. The maximum Gasteiger partial charge on any atom is 0.573 e. The van der Waals surface area contributed by atoms with Crippen LogP contribution in [0.25, 0.3) is 5.57 Å². The Morgan fingerprint density at radius 2 is 1.36 bits per heavy atom. The number of ether oxygens (including phenoxy) is 1. The Morgan fingerprint density at radius 3 is 1.93 bits per heavy atom. The number of nitrogens with one attached hydrogen (secondary N) is 1. The molecule has 2 N–H and O–H groups in total. The number of rotatable bonds is 11. The monoisotopic (exact) mass is 579 g/mol. The number of aliphatic carboxylic acids is 1. The number of benzene rings is 3. The smallest absolute Gasteiger partial charge is 0.481 e. The van der Waals surface area contributed by atoms with E-state index in [-0.39, 0.29) is 35.2 Å². The molecule has 42 heavy (non-hydrogen) atoms. The molecular weight excluding hydrogens is 551 g/mol. The molecule has 4 rings (SSSR count). The molecule has 0 aliphatic heterocycles. The van der Waals surface area contributed by atoms with Crippen molar-refractivity contribution in [2.75, 3.05) is 6.54 Å². The van der Waals surface area contributed by atoms with Crippen LogP contribution in [-0.4, -0.2) is 41.5 Å². The number of alkyl halides is 3. The Kier molecular flexibility index (Phi) is 9.57. The molecule has 0 radical (unpaired) electrons. The van der Waals surface area contributed by atoms with Gasteiger partial charge in [-0.15, -0.1) is 13.2 Å². The summed E-state index contributed by atoms with van der Waals surface area (Å²) in [6.07, 6.45) is 0.550. The molecule has 3 aromatic rings. The highest BCUT2D eigenvalue weighted by molar-refractivity contribution is 6.32. The maximum atomic E-state index is 13.6. The second-order valence-corrected chi connectivity index (χ2v) is 9.90.